The number of ether oxygens (including phenoxy) is 1. The Balaban J connectivity index is 2.06. The molecule has 0 aromatic heterocycles. The van der Waals surface area contributed by atoms with Crippen LogP contribution in [0.3, 0.4) is 0 Å². The molecule has 0 radical (unpaired) electrons. The number of methoxy groups -OCH3 is 1. The summed E-state index contributed by atoms with van der Waals surface area (Å²) in [4.78, 5) is 23.2. The molecule has 0 atom stereocenters. The second-order valence-electron chi connectivity index (χ2n) is 5.02. The molecule has 26 heavy (non-hydrogen) atoms. The number of hydrogen-bond acceptors (Lipinski definition) is 5. The van der Waals surface area contributed by atoms with E-state index >= 15 is 0 Å². The number of nitrogens with one attached hydrogen (secondary N) is 2. The first-order valence-electron chi connectivity index (χ1n) is 7.42. The van der Waals surface area contributed by atoms with Crippen LogP contribution in [0.1, 0.15) is 21.5 Å². The van der Waals surface area contributed by atoms with Crippen LogP contribution in [0.15, 0.2) is 58.1 Å². The van der Waals surface area contributed by atoms with Gasteiger partial charge in [0, 0.05) is 21.7 Å². The number of carbonyl (C=O) groups excluding carboxylic acids is 2. The van der Waals surface area contributed by atoms with Crippen LogP contribution in [0.25, 0.3) is 6.08 Å². The summed E-state index contributed by atoms with van der Waals surface area (Å²) in [6.07, 6.45) is 4.12. The predicted octanol–water partition coefficient (Wildman–Crippen LogP) is 2.74. The fourth-order valence-electron chi connectivity index (χ4n) is 1.97. The molecule has 0 fully saturated rings. The van der Waals surface area contributed by atoms with Crippen molar-refractivity contribution in [2.75, 3.05) is 7.11 Å². The molecule has 134 valence electrons. The molecule has 2 rings (SSSR count). The minimum absolute atomic E-state index is 0.374. The van der Waals surface area contributed by atoms with Gasteiger partial charge in [0.1, 0.15) is 5.75 Å². The fraction of sp³-hybridized carbons (Fsp3) is 0.0556. The van der Waals surface area contributed by atoms with Crippen molar-refractivity contribution in [2.24, 2.45) is 5.10 Å². The van der Waals surface area contributed by atoms with Crippen molar-refractivity contribution in [2.45, 2.75) is 0 Å². The van der Waals surface area contributed by atoms with Crippen molar-refractivity contribution in [1.82, 2.24) is 10.9 Å². The van der Waals surface area contributed by atoms with Crippen molar-refractivity contribution < 1.29 is 19.5 Å². The van der Waals surface area contributed by atoms with E-state index in [4.69, 9.17) is 9.94 Å². The second-order valence-corrected chi connectivity index (χ2v) is 5.88. The van der Waals surface area contributed by atoms with Gasteiger partial charge in [0.25, 0.3) is 11.8 Å². The maximum absolute atomic E-state index is 12.2. The molecule has 2 aromatic carbocycles. The smallest absolute Gasteiger partial charge is 0.271 e. The van der Waals surface area contributed by atoms with Crippen molar-refractivity contribution in [1.29, 1.82) is 0 Å². The fourth-order valence-corrected chi connectivity index (χ4v) is 2.31. The van der Waals surface area contributed by atoms with Gasteiger partial charge in [-0.15, -0.1) is 0 Å². The van der Waals surface area contributed by atoms with Crippen molar-refractivity contribution in [3.05, 3.63) is 69.7 Å². The summed E-state index contributed by atoms with van der Waals surface area (Å²) in [7, 11) is 1.57. The van der Waals surface area contributed by atoms with Crippen molar-refractivity contribution >= 4 is 40.0 Å². The van der Waals surface area contributed by atoms with Gasteiger partial charge in [0.2, 0.25) is 0 Å². The van der Waals surface area contributed by atoms with Gasteiger partial charge in [0.05, 0.1) is 13.3 Å². The third-order valence-electron chi connectivity index (χ3n) is 3.26. The molecule has 0 bridgehead atoms. The third-order valence-corrected chi connectivity index (χ3v) is 3.98. The zero-order valence-corrected chi connectivity index (χ0v) is 15.4. The number of nitrogens with zero attached hydrogens (tertiary/aromatic N) is 1. The molecule has 7 nitrogen and oxygen atoms in total. The Morgan fingerprint density at radius 3 is 2.77 bits per heavy atom. The lowest BCUT2D eigenvalue weighted by Gasteiger charge is -2.04. The van der Waals surface area contributed by atoms with Crippen LogP contribution >= 0.6 is 15.9 Å². The molecule has 2 aromatic rings. The lowest BCUT2D eigenvalue weighted by atomic mass is 10.1. The molecular weight excluding hydrogens is 402 g/mol. The highest BCUT2D eigenvalue weighted by Gasteiger charge is 2.05. The van der Waals surface area contributed by atoms with E-state index in [1.54, 1.807) is 43.5 Å². The molecule has 0 aliphatic carbocycles. The monoisotopic (exact) mass is 417 g/mol. The maximum atomic E-state index is 12.2. The first-order valence-corrected chi connectivity index (χ1v) is 8.22. The van der Waals surface area contributed by atoms with Gasteiger partial charge in [-0.05, 0) is 42.0 Å². The molecule has 0 unspecified atom stereocenters. The molecule has 0 aliphatic heterocycles. The average molecular weight is 418 g/mol. The number of rotatable bonds is 6. The van der Waals surface area contributed by atoms with E-state index in [0.717, 1.165) is 16.1 Å². The van der Waals surface area contributed by atoms with Gasteiger partial charge >= 0.3 is 0 Å². The standard InChI is InChI=1S/C18H16BrN3O4/c1-26-15-6-7-16(19)14(10-15)11-20-21-18(24)13-4-2-3-12(9-13)5-8-17(23)22-25/h2-11,25H,1H3,(H,21,24)(H,22,23). The number of amides is 2. The molecule has 3 N–H and O–H groups in total. The van der Waals surface area contributed by atoms with Crippen molar-refractivity contribution in [3.63, 3.8) is 0 Å². The molecule has 2 amide bonds. The number of carbonyl (C=O) groups is 2. The largest absolute Gasteiger partial charge is 0.497 e. The number of hydrazone groups is 1. The van der Waals surface area contributed by atoms with Gasteiger partial charge in [0.15, 0.2) is 0 Å². The summed E-state index contributed by atoms with van der Waals surface area (Å²) in [5, 5.41) is 12.4. The highest BCUT2D eigenvalue weighted by molar-refractivity contribution is 9.10. The molecule has 0 saturated heterocycles. The maximum Gasteiger partial charge on any atom is 0.271 e. The van der Waals surface area contributed by atoms with Crippen LogP contribution in [-0.4, -0.2) is 30.3 Å². The van der Waals surface area contributed by atoms with E-state index < -0.39 is 11.8 Å². The zero-order chi connectivity index (χ0) is 18.9. The van der Waals surface area contributed by atoms with Gasteiger partial charge in [-0.2, -0.15) is 5.10 Å². The lowest BCUT2D eigenvalue weighted by molar-refractivity contribution is -0.124. The summed E-state index contributed by atoms with van der Waals surface area (Å²) >= 11 is 3.40. The van der Waals surface area contributed by atoms with E-state index in [2.05, 4.69) is 26.5 Å². The number of hydrogen-bond donors (Lipinski definition) is 3. The van der Waals surface area contributed by atoms with E-state index in [0.29, 0.717) is 16.9 Å². The Morgan fingerprint density at radius 2 is 2.04 bits per heavy atom. The zero-order valence-electron chi connectivity index (χ0n) is 13.8. The third kappa shape index (κ3) is 5.54. The summed E-state index contributed by atoms with van der Waals surface area (Å²) in [5.41, 5.74) is 5.68. The van der Waals surface area contributed by atoms with Gasteiger partial charge in [-0.1, -0.05) is 28.1 Å². The molecule has 0 spiro atoms. The SMILES string of the molecule is COc1ccc(Br)c(C=NNC(=O)c2cccc(C=CC(=O)NO)c2)c1. The van der Waals surface area contributed by atoms with Crippen LogP contribution in [0.5, 0.6) is 5.75 Å². The van der Waals surface area contributed by atoms with Crippen LogP contribution < -0.4 is 15.6 Å². The molecule has 8 heteroatoms. The van der Waals surface area contributed by atoms with Crippen LogP contribution in [0.4, 0.5) is 0 Å². The van der Waals surface area contributed by atoms with Crippen LogP contribution in [-0.2, 0) is 4.79 Å². The number of halogens is 1. The summed E-state index contributed by atoms with van der Waals surface area (Å²) in [6, 6.07) is 12.0. The summed E-state index contributed by atoms with van der Waals surface area (Å²) < 4.78 is 5.96. The van der Waals surface area contributed by atoms with Crippen LogP contribution in [0, 0.1) is 0 Å². The van der Waals surface area contributed by atoms with Gasteiger partial charge < -0.3 is 4.74 Å². The minimum atomic E-state index is -0.659. The van der Waals surface area contributed by atoms with E-state index in [9.17, 15) is 9.59 Å². The molecule has 0 heterocycles. The van der Waals surface area contributed by atoms with E-state index in [-0.39, 0.29) is 0 Å². The van der Waals surface area contributed by atoms with Crippen LogP contribution in [0.2, 0.25) is 0 Å². The lowest BCUT2D eigenvalue weighted by Crippen LogP contribution is -2.17. The van der Waals surface area contributed by atoms with Gasteiger partial charge in [-0.3, -0.25) is 14.8 Å². The highest BCUT2D eigenvalue weighted by Crippen LogP contribution is 2.20. The first kappa shape index (κ1) is 19.4. The topological polar surface area (TPSA) is 100 Å². The minimum Gasteiger partial charge on any atom is -0.497 e. The second kappa shape index (κ2) is 9.50. The van der Waals surface area contributed by atoms with Gasteiger partial charge in [-0.25, -0.2) is 10.9 Å². The normalized spacial score (nSPS) is 10.9. The predicted molar refractivity (Wildman–Crippen MR) is 101 cm³/mol. The first-order chi connectivity index (χ1) is 12.5. The van der Waals surface area contributed by atoms with Crippen molar-refractivity contribution in [3.8, 4) is 5.75 Å². The average Bonchev–Trinajstić information content (AvgIpc) is 2.67. The Labute approximate surface area is 158 Å². The quantitative estimate of drug-likeness (QED) is 0.291. The molecule has 0 saturated carbocycles. The summed E-state index contributed by atoms with van der Waals surface area (Å²) in [6.45, 7) is 0. The Morgan fingerprint density at radius 1 is 1.23 bits per heavy atom. The van der Waals surface area contributed by atoms with E-state index in [1.165, 1.54) is 17.8 Å². The summed E-state index contributed by atoms with van der Waals surface area (Å²) in [5.74, 6) is -0.386. The Hall–Kier alpha value is -2.97. The molecular formula is C18H16BrN3O4. The highest BCUT2D eigenvalue weighted by atomic mass is 79.9. The van der Waals surface area contributed by atoms with E-state index in [1.807, 2.05) is 6.07 Å². The molecule has 0 aliphatic rings. The Bertz CT molecular complexity index is 865. The number of hydroxylamine groups is 1. The number of benzene rings is 2. The Kier molecular flexibility index (Phi) is 7.07.